The van der Waals surface area contributed by atoms with Gasteiger partial charge in [0, 0.05) is 11.0 Å². The van der Waals surface area contributed by atoms with Gasteiger partial charge in [-0.1, -0.05) is 15.9 Å². The molecule has 0 bridgehead atoms. The average Bonchev–Trinajstić information content (AvgIpc) is 2.84. The Balaban J connectivity index is 2.04. The molecule has 0 aliphatic rings. The molecular weight excluding hydrogens is 294 g/mol. The van der Waals surface area contributed by atoms with Crippen molar-refractivity contribution < 1.29 is 9.15 Å². The normalized spacial score (nSPS) is 10.9. The van der Waals surface area contributed by atoms with Crippen molar-refractivity contribution in [3.63, 3.8) is 0 Å². The van der Waals surface area contributed by atoms with Gasteiger partial charge in [0.05, 0.1) is 19.9 Å². The van der Waals surface area contributed by atoms with Crippen LogP contribution in [0, 0.1) is 0 Å². The van der Waals surface area contributed by atoms with Crippen LogP contribution >= 0.6 is 15.9 Å². The SMILES string of the molecule is COc1ccc(Br)c(CN(C)Cc2ccco2)c1. The predicted molar refractivity (Wildman–Crippen MR) is 74.6 cm³/mol. The van der Waals surface area contributed by atoms with Gasteiger partial charge < -0.3 is 9.15 Å². The Hall–Kier alpha value is -1.26. The van der Waals surface area contributed by atoms with Gasteiger partial charge in [-0.2, -0.15) is 0 Å². The number of halogens is 1. The number of methoxy groups -OCH3 is 1. The minimum Gasteiger partial charge on any atom is -0.497 e. The maximum atomic E-state index is 5.34. The van der Waals surface area contributed by atoms with E-state index >= 15 is 0 Å². The molecule has 1 heterocycles. The molecule has 96 valence electrons. The van der Waals surface area contributed by atoms with Gasteiger partial charge in [0.25, 0.3) is 0 Å². The summed E-state index contributed by atoms with van der Waals surface area (Å²) in [6, 6.07) is 9.89. The highest BCUT2D eigenvalue weighted by Gasteiger charge is 2.07. The van der Waals surface area contributed by atoms with Crippen molar-refractivity contribution >= 4 is 15.9 Å². The standard InChI is InChI=1S/C14H16BrNO2/c1-16(10-13-4-3-7-18-13)9-11-8-12(17-2)5-6-14(11)15/h3-8H,9-10H2,1-2H3. The Labute approximate surface area is 115 Å². The van der Waals surface area contributed by atoms with E-state index in [1.807, 2.05) is 30.3 Å². The first-order valence-corrected chi connectivity index (χ1v) is 6.51. The fraction of sp³-hybridized carbons (Fsp3) is 0.286. The highest BCUT2D eigenvalue weighted by atomic mass is 79.9. The van der Waals surface area contributed by atoms with Crippen LogP contribution < -0.4 is 4.74 Å². The second-order valence-electron chi connectivity index (χ2n) is 4.21. The molecule has 0 saturated heterocycles. The lowest BCUT2D eigenvalue weighted by atomic mass is 10.2. The zero-order chi connectivity index (χ0) is 13.0. The fourth-order valence-corrected chi connectivity index (χ4v) is 2.19. The topological polar surface area (TPSA) is 25.6 Å². The summed E-state index contributed by atoms with van der Waals surface area (Å²) in [4.78, 5) is 2.19. The number of hydrogen-bond acceptors (Lipinski definition) is 3. The molecule has 18 heavy (non-hydrogen) atoms. The molecule has 1 aromatic heterocycles. The van der Waals surface area contributed by atoms with Crippen LogP contribution in [-0.2, 0) is 13.1 Å². The van der Waals surface area contributed by atoms with E-state index in [2.05, 4.69) is 27.9 Å². The molecule has 4 heteroatoms. The first-order valence-electron chi connectivity index (χ1n) is 5.72. The first kappa shape index (κ1) is 13.2. The lowest BCUT2D eigenvalue weighted by Crippen LogP contribution is -2.17. The van der Waals surface area contributed by atoms with E-state index in [0.29, 0.717) is 0 Å². The van der Waals surface area contributed by atoms with E-state index in [-0.39, 0.29) is 0 Å². The predicted octanol–water partition coefficient (Wildman–Crippen LogP) is 3.68. The summed E-state index contributed by atoms with van der Waals surface area (Å²) in [6.45, 7) is 1.62. The Morgan fingerprint density at radius 1 is 1.28 bits per heavy atom. The Bertz CT molecular complexity index is 497. The fourth-order valence-electron chi connectivity index (χ4n) is 1.81. The molecule has 0 atom stereocenters. The van der Waals surface area contributed by atoms with Gasteiger partial charge in [0.15, 0.2) is 0 Å². The van der Waals surface area contributed by atoms with Crippen LogP contribution in [0.4, 0.5) is 0 Å². The van der Waals surface area contributed by atoms with E-state index in [1.54, 1.807) is 13.4 Å². The molecule has 0 radical (unpaired) electrons. The molecule has 0 aliphatic heterocycles. The molecule has 0 amide bonds. The Kier molecular flexibility index (Phi) is 4.44. The van der Waals surface area contributed by atoms with Crippen molar-refractivity contribution in [2.24, 2.45) is 0 Å². The van der Waals surface area contributed by atoms with Crippen molar-refractivity contribution in [3.8, 4) is 5.75 Å². The highest BCUT2D eigenvalue weighted by Crippen LogP contribution is 2.23. The van der Waals surface area contributed by atoms with E-state index in [9.17, 15) is 0 Å². The molecule has 2 rings (SSSR count). The van der Waals surface area contributed by atoms with Crippen LogP contribution in [0.15, 0.2) is 45.5 Å². The number of ether oxygens (including phenoxy) is 1. The van der Waals surface area contributed by atoms with Crippen molar-refractivity contribution in [1.29, 1.82) is 0 Å². The number of nitrogens with zero attached hydrogens (tertiary/aromatic N) is 1. The zero-order valence-electron chi connectivity index (χ0n) is 10.5. The molecular formula is C14H16BrNO2. The second kappa shape index (κ2) is 6.07. The van der Waals surface area contributed by atoms with E-state index in [4.69, 9.17) is 9.15 Å². The van der Waals surface area contributed by atoms with Gasteiger partial charge in [0.2, 0.25) is 0 Å². The summed E-state index contributed by atoms with van der Waals surface area (Å²) in [5.41, 5.74) is 1.20. The summed E-state index contributed by atoms with van der Waals surface area (Å²) >= 11 is 3.56. The lowest BCUT2D eigenvalue weighted by Gasteiger charge is -2.16. The van der Waals surface area contributed by atoms with Crippen LogP contribution in [-0.4, -0.2) is 19.1 Å². The smallest absolute Gasteiger partial charge is 0.119 e. The first-order chi connectivity index (χ1) is 8.69. The zero-order valence-corrected chi connectivity index (χ0v) is 12.1. The lowest BCUT2D eigenvalue weighted by molar-refractivity contribution is 0.287. The minimum absolute atomic E-state index is 0.788. The van der Waals surface area contributed by atoms with Gasteiger partial charge in [-0.05, 0) is 42.9 Å². The molecule has 0 aliphatic carbocycles. The molecule has 3 nitrogen and oxygen atoms in total. The molecule has 2 aromatic rings. The molecule has 0 N–H and O–H groups in total. The maximum absolute atomic E-state index is 5.34. The molecule has 0 fully saturated rings. The van der Waals surface area contributed by atoms with Crippen molar-refractivity contribution in [2.45, 2.75) is 13.1 Å². The van der Waals surface area contributed by atoms with Gasteiger partial charge in [-0.25, -0.2) is 0 Å². The van der Waals surface area contributed by atoms with E-state index in [1.165, 1.54) is 5.56 Å². The molecule has 0 spiro atoms. The largest absolute Gasteiger partial charge is 0.497 e. The third kappa shape index (κ3) is 3.37. The summed E-state index contributed by atoms with van der Waals surface area (Å²) in [5.74, 6) is 1.84. The number of rotatable bonds is 5. The van der Waals surface area contributed by atoms with Crippen molar-refractivity contribution in [3.05, 3.63) is 52.4 Å². The van der Waals surface area contributed by atoms with Gasteiger partial charge in [0.1, 0.15) is 11.5 Å². The number of furan rings is 1. The van der Waals surface area contributed by atoms with E-state index < -0.39 is 0 Å². The van der Waals surface area contributed by atoms with Crippen LogP contribution in [0.3, 0.4) is 0 Å². The Morgan fingerprint density at radius 2 is 2.11 bits per heavy atom. The van der Waals surface area contributed by atoms with Gasteiger partial charge >= 0.3 is 0 Å². The van der Waals surface area contributed by atoms with E-state index in [0.717, 1.165) is 29.1 Å². The third-order valence-electron chi connectivity index (χ3n) is 2.70. The van der Waals surface area contributed by atoms with Crippen LogP contribution in [0.5, 0.6) is 5.75 Å². The summed E-state index contributed by atoms with van der Waals surface area (Å²) < 4.78 is 11.7. The van der Waals surface area contributed by atoms with Crippen molar-refractivity contribution in [2.75, 3.05) is 14.2 Å². The minimum atomic E-state index is 0.788. The van der Waals surface area contributed by atoms with Crippen LogP contribution in [0.25, 0.3) is 0 Å². The summed E-state index contributed by atoms with van der Waals surface area (Å²) in [6.07, 6.45) is 1.70. The monoisotopic (exact) mass is 309 g/mol. The third-order valence-corrected chi connectivity index (χ3v) is 3.47. The quantitative estimate of drug-likeness (QED) is 0.842. The van der Waals surface area contributed by atoms with Gasteiger partial charge in [-0.15, -0.1) is 0 Å². The number of hydrogen-bond donors (Lipinski definition) is 0. The summed E-state index contributed by atoms with van der Waals surface area (Å²) in [7, 11) is 3.74. The molecule has 0 unspecified atom stereocenters. The molecule has 0 saturated carbocycles. The maximum Gasteiger partial charge on any atom is 0.119 e. The van der Waals surface area contributed by atoms with Gasteiger partial charge in [-0.3, -0.25) is 4.90 Å². The highest BCUT2D eigenvalue weighted by molar-refractivity contribution is 9.10. The van der Waals surface area contributed by atoms with Crippen LogP contribution in [0.1, 0.15) is 11.3 Å². The molecule has 1 aromatic carbocycles. The van der Waals surface area contributed by atoms with Crippen molar-refractivity contribution in [1.82, 2.24) is 4.90 Å². The Morgan fingerprint density at radius 3 is 2.78 bits per heavy atom. The summed E-state index contributed by atoms with van der Waals surface area (Å²) in [5, 5.41) is 0. The second-order valence-corrected chi connectivity index (χ2v) is 5.06. The average molecular weight is 310 g/mol. The van der Waals surface area contributed by atoms with Crippen LogP contribution in [0.2, 0.25) is 0 Å². The number of benzene rings is 1.